The van der Waals surface area contributed by atoms with Gasteiger partial charge in [-0.3, -0.25) is 9.59 Å². The summed E-state index contributed by atoms with van der Waals surface area (Å²) in [5.74, 6) is -0.730. The van der Waals surface area contributed by atoms with E-state index in [1.165, 1.54) is 11.0 Å². The van der Waals surface area contributed by atoms with Gasteiger partial charge in [-0.1, -0.05) is 26.0 Å². The summed E-state index contributed by atoms with van der Waals surface area (Å²) >= 11 is 0. The van der Waals surface area contributed by atoms with E-state index in [-0.39, 0.29) is 55.2 Å². The Bertz CT molecular complexity index is 770. The van der Waals surface area contributed by atoms with E-state index in [1.807, 2.05) is 13.8 Å². The lowest BCUT2D eigenvalue weighted by atomic mass is 9.79. The Morgan fingerprint density at radius 3 is 2.62 bits per heavy atom. The predicted octanol–water partition coefficient (Wildman–Crippen LogP) is 3.06. The second-order valence-electron chi connectivity index (χ2n) is 8.52. The minimum absolute atomic E-state index is 0. The lowest BCUT2D eigenvalue weighted by Crippen LogP contribution is -2.55. The van der Waals surface area contributed by atoms with E-state index in [0.717, 1.165) is 12.1 Å². The first-order valence-electron chi connectivity index (χ1n) is 9.45. The van der Waals surface area contributed by atoms with Gasteiger partial charge < -0.3 is 15.5 Å². The average molecular weight is 434 g/mol. The van der Waals surface area contributed by atoms with Gasteiger partial charge in [-0.25, -0.2) is 0 Å². The van der Waals surface area contributed by atoms with Gasteiger partial charge in [0.15, 0.2) is 0 Å². The lowest BCUT2D eigenvalue weighted by Gasteiger charge is -2.43. The van der Waals surface area contributed by atoms with E-state index in [9.17, 15) is 22.8 Å². The van der Waals surface area contributed by atoms with E-state index in [0.29, 0.717) is 25.1 Å². The van der Waals surface area contributed by atoms with Crippen LogP contribution in [0.3, 0.4) is 0 Å². The van der Waals surface area contributed by atoms with Gasteiger partial charge in [-0.05, 0) is 29.5 Å². The number of nitrogens with zero attached hydrogens (tertiary/aromatic N) is 2. The molecular weight excluding hydrogens is 407 g/mol. The monoisotopic (exact) mass is 433 g/mol. The zero-order valence-corrected chi connectivity index (χ0v) is 17.4. The van der Waals surface area contributed by atoms with Crippen molar-refractivity contribution in [3.05, 3.63) is 35.4 Å². The highest BCUT2D eigenvalue weighted by atomic mass is 35.5. The number of rotatable bonds is 3. The molecule has 2 saturated heterocycles. The molecule has 9 heteroatoms. The topological polar surface area (TPSA) is 66.6 Å². The molecule has 162 valence electrons. The summed E-state index contributed by atoms with van der Waals surface area (Å²) in [5, 5.41) is 0. The third kappa shape index (κ3) is 5.22. The van der Waals surface area contributed by atoms with Gasteiger partial charge in [-0.2, -0.15) is 13.2 Å². The van der Waals surface area contributed by atoms with Crippen molar-refractivity contribution in [3.63, 3.8) is 0 Å². The van der Waals surface area contributed by atoms with Crippen LogP contribution >= 0.6 is 12.4 Å². The first kappa shape index (κ1) is 23.5. The largest absolute Gasteiger partial charge is 0.416 e. The molecule has 0 spiro atoms. The third-order valence-corrected chi connectivity index (χ3v) is 5.82. The van der Waals surface area contributed by atoms with Crippen molar-refractivity contribution in [1.29, 1.82) is 0 Å². The van der Waals surface area contributed by atoms with E-state index in [2.05, 4.69) is 0 Å². The minimum atomic E-state index is -4.43. The molecule has 3 rings (SSSR count). The summed E-state index contributed by atoms with van der Waals surface area (Å²) in [6.07, 6.45) is -3.61. The Morgan fingerprint density at radius 1 is 1.31 bits per heavy atom. The number of piperidine rings is 1. The number of benzene rings is 1. The zero-order chi connectivity index (χ0) is 20.7. The molecule has 0 radical (unpaired) electrons. The van der Waals surface area contributed by atoms with Gasteiger partial charge in [-0.15, -0.1) is 12.4 Å². The normalized spacial score (nSPS) is 24.4. The molecule has 0 saturated carbocycles. The van der Waals surface area contributed by atoms with Crippen LogP contribution in [0.15, 0.2) is 24.3 Å². The number of amides is 2. The molecule has 0 aromatic heterocycles. The molecular formula is C20H27ClF3N3O2. The fourth-order valence-electron chi connectivity index (χ4n) is 3.98. The molecule has 0 bridgehead atoms. The molecule has 2 N–H and O–H groups in total. The maximum atomic E-state index is 12.9. The maximum Gasteiger partial charge on any atom is 0.416 e. The number of nitrogens with two attached hydrogens (primary N) is 1. The first-order chi connectivity index (χ1) is 13.0. The fraction of sp³-hybridized carbons (Fsp3) is 0.600. The van der Waals surface area contributed by atoms with Crippen LogP contribution in [0, 0.1) is 11.3 Å². The van der Waals surface area contributed by atoms with Gasteiger partial charge in [0.25, 0.3) is 0 Å². The number of likely N-dealkylation sites (tertiary alicyclic amines) is 2. The van der Waals surface area contributed by atoms with Crippen LogP contribution in [0.2, 0.25) is 0 Å². The van der Waals surface area contributed by atoms with Crippen LogP contribution in [0.4, 0.5) is 13.2 Å². The minimum Gasteiger partial charge on any atom is -0.342 e. The molecule has 2 atom stereocenters. The molecule has 1 aromatic rings. The Hall–Kier alpha value is -1.80. The Kier molecular flexibility index (Phi) is 6.89. The van der Waals surface area contributed by atoms with Crippen molar-refractivity contribution in [2.75, 3.05) is 19.6 Å². The number of halogens is 4. The van der Waals surface area contributed by atoms with Gasteiger partial charge in [0, 0.05) is 38.6 Å². The Balaban J connectivity index is 0.00000300. The SMILES string of the molecule is CC1(C)CN(C(=O)C2CC(=O)N(Cc3cccc(C(F)(F)F)c3)C2)CCC1N.Cl. The van der Waals surface area contributed by atoms with Crippen molar-refractivity contribution in [2.24, 2.45) is 17.1 Å². The lowest BCUT2D eigenvalue weighted by molar-refractivity contribution is -0.139. The highest BCUT2D eigenvalue weighted by Gasteiger charge is 2.41. The molecule has 0 aliphatic carbocycles. The van der Waals surface area contributed by atoms with E-state index in [4.69, 9.17) is 5.73 Å². The Morgan fingerprint density at radius 2 is 2.00 bits per heavy atom. The van der Waals surface area contributed by atoms with Crippen molar-refractivity contribution < 1.29 is 22.8 Å². The smallest absolute Gasteiger partial charge is 0.342 e. The molecule has 1 aromatic carbocycles. The number of carbonyl (C=O) groups is 2. The predicted molar refractivity (Wildman–Crippen MR) is 105 cm³/mol. The fourth-order valence-corrected chi connectivity index (χ4v) is 3.98. The summed E-state index contributed by atoms with van der Waals surface area (Å²) in [5.41, 5.74) is 5.60. The van der Waals surface area contributed by atoms with Crippen molar-refractivity contribution in [1.82, 2.24) is 9.80 Å². The standard InChI is InChI=1S/C20H26F3N3O2.ClH/c1-19(2)12-25(7-6-16(19)24)18(28)14-9-17(27)26(11-14)10-13-4-3-5-15(8-13)20(21,22)23;/h3-5,8,14,16H,6-7,9-12,24H2,1-2H3;1H. The number of hydrogen-bond donors (Lipinski definition) is 1. The molecule has 2 unspecified atom stereocenters. The van der Waals surface area contributed by atoms with Crippen molar-refractivity contribution in [3.8, 4) is 0 Å². The average Bonchev–Trinajstić information content (AvgIpc) is 2.97. The number of hydrogen-bond acceptors (Lipinski definition) is 3. The van der Waals surface area contributed by atoms with E-state index < -0.39 is 17.7 Å². The molecule has 29 heavy (non-hydrogen) atoms. The van der Waals surface area contributed by atoms with Crippen LogP contribution < -0.4 is 5.73 Å². The van der Waals surface area contributed by atoms with Gasteiger partial charge >= 0.3 is 6.18 Å². The second kappa shape index (κ2) is 8.52. The molecule has 2 amide bonds. The van der Waals surface area contributed by atoms with Crippen molar-refractivity contribution >= 4 is 24.2 Å². The summed E-state index contributed by atoms with van der Waals surface area (Å²) in [7, 11) is 0. The summed E-state index contributed by atoms with van der Waals surface area (Å²) in [6.45, 7) is 5.47. The second-order valence-corrected chi connectivity index (χ2v) is 8.52. The number of carbonyl (C=O) groups excluding carboxylic acids is 2. The van der Waals surface area contributed by atoms with E-state index >= 15 is 0 Å². The van der Waals surface area contributed by atoms with E-state index in [1.54, 1.807) is 11.0 Å². The van der Waals surface area contributed by atoms with Crippen LogP contribution in [0.1, 0.15) is 37.8 Å². The molecule has 2 aliphatic rings. The third-order valence-electron chi connectivity index (χ3n) is 5.82. The Labute approximate surface area is 174 Å². The van der Waals surface area contributed by atoms with Crippen LogP contribution in [0.5, 0.6) is 0 Å². The first-order valence-corrected chi connectivity index (χ1v) is 9.45. The highest BCUT2D eigenvalue weighted by Crippen LogP contribution is 2.32. The summed E-state index contributed by atoms with van der Waals surface area (Å²) in [6, 6.07) is 4.98. The van der Waals surface area contributed by atoms with Crippen LogP contribution in [0.25, 0.3) is 0 Å². The van der Waals surface area contributed by atoms with Gasteiger partial charge in [0.05, 0.1) is 11.5 Å². The molecule has 5 nitrogen and oxygen atoms in total. The van der Waals surface area contributed by atoms with Gasteiger partial charge in [0.2, 0.25) is 11.8 Å². The zero-order valence-electron chi connectivity index (χ0n) is 16.5. The van der Waals surface area contributed by atoms with Crippen LogP contribution in [-0.4, -0.2) is 47.3 Å². The number of alkyl halides is 3. The molecule has 2 fully saturated rings. The molecule has 2 heterocycles. The molecule has 2 aliphatic heterocycles. The van der Waals surface area contributed by atoms with Gasteiger partial charge in [0.1, 0.15) is 0 Å². The highest BCUT2D eigenvalue weighted by molar-refractivity contribution is 5.89. The van der Waals surface area contributed by atoms with Crippen LogP contribution in [-0.2, 0) is 22.3 Å². The quantitative estimate of drug-likeness (QED) is 0.796. The summed E-state index contributed by atoms with van der Waals surface area (Å²) < 4.78 is 38.6. The summed E-state index contributed by atoms with van der Waals surface area (Å²) in [4.78, 5) is 28.5. The van der Waals surface area contributed by atoms with Crippen molar-refractivity contribution in [2.45, 2.75) is 45.5 Å². The maximum absolute atomic E-state index is 12.9.